The van der Waals surface area contributed by atoms with Crippen molar-refractivity contribution in [2.24, 2.45) is 0 Å². The molecule has 0 fully saturated rings. The third-order valence-electron chi connectivity index (χ3n) is 1.31. The van der Waals surface area contributed by atoms with Gasteiger partial charge in [0.1, 0.15) is 16.8 Å². The number of anilines is 1. The highest BCUT2D eigenvalue weighted by Gasteiger charge is 2.10. The van der Waals surface area contributed by atoms with Gasteiger partial charge in [-0.3, -0.25) is 0 Å². The van der Waals surface area contributed by atoms with Crippen LogP contribution < -0.4 is 5.32 Å². The second-order valence-electron chi connectivity index (χ2n) is 4.00. The van der Waals surface area contributed by atoms with E-state index < -0.39 is 0 Å². The number of nitrogens with zero attached hydrogens (tertiary/aromatic N) is 2. The lowest BCUT2D eigenvalue weighted by Gasteiger charge is -2.21. The summed E-state index contributed by atoms with van der Waals surface area (Å²) in [6.45, 7) is 12.0. The Bertz CT molecular complexity index is 285. The lowest BCUT2D eigenvalue weighted by Crippen LogP contribution is -2.26. The minimum Gasteiger partial charge on any atom is -0.365 e. The van der Waals surface area contributed by atoms with Gasteiger partial charge in [0.2, 0.25) is 0 Å². The first-order valence-electron chi connectivity index (χ1n) is 5.16. The minimum absolute atomic E-state index is 0.00980. The normalized spacial score (nSPS) is 10.3. The van der Waals surface area contributed by atoms with Crippen LogP contribution in [0.15, 0.2) is 6.07 Å². The highest BCUT2D eigenvalue weighted by molar-refractivity contribution is 6.29. The zero-order valence-electron chi connectivity index (χ0n) is 10.3. The summed E-state index contributed by atoms with van der Waals surface area (Å²) in [5.41, 5.74) is -0.00980. The molecule has 1 aromatic heterocycles. The van der Waals surface area contributed by atoms with Gasteiger partial charge < -0.3 is 5.32 Å². The molecule has 0 saturated carbocycles. The van der Waals surface area contributed by atoms with E-state index in [1.807, 2.05) is 20.8 Å². The molecule has 0 aliphatic carbocycles. The number of aryl methyl sites for hydroxylation is 1. The molecule has 0 bridgehead atoms. The van der Waals surface area contributed by atoms with Crippen molar-refractivity contribution in [3.8, 4) is 0 Å². The molecule has 0 unspecified atom stereocenters. The molecule has 0 saturated heterocycles. The zero-order chi connectivity index (χ0) is 12.1. The maximum Gasteiger partial charge on any atom is 0.134 e. The quantitative estimate of drug-likeness (QED) is 0.747. The van der Waals surface area contributed by atoms with Crippen LogP contribution in [0.5, 0.6) is 0 Å². The zero-order valence-corrected chi connectivity index (χ0v) is 11.1. The molecule has 15 heavy (non-hydrogen) atoms. The fourth-order valence-corrected chi connectivity index (χ4v) is 1.21. The molecule has 86 valence electrons. The van der Waals surface area contributed by atoms with Gasteiger partial charge in [-0.05, 0) is 27.7 Å². The Hall–Kier alpha value is -0.830. The van der Waals surface area contributed by atoms with E-state index in [1.165, 1.54) is 0 Å². The van der Waals surface area contributed by atoms with Crippen LogP contribution in [0.2, 0.25) is 5.15 Å². The first kappa shape index (κ1) is 14.2. The summed E-state index contributed by atoms with van der Waals surface area (Å²) in [5, 5.41) is 3.70. The third-order valence-corrected chi connectivity index (χ3v) is 1.50. The summed E-state index contributed by atoms with van der Waals surface area (Å²) >= 11 is 5.79. The highest BCUT2D eigenvalue weighted by atomic mass is 35.5. The number of hydrogen-bond donors (Lipinski definition) is 1. The van der Waals surface area contributed by atoms with Gasteiger partial charge in [0.15, 0.2) is 0 Å². The van der Waals surface area contributed by atoms with Crippen molar-refractivity contribution in [2.45, 2.75) is 47.1 Å². The average Bonchev–Trinajstić information content (AvgIpc) is 2.02. The molecule has 1 aromatic rings. The number of hydrogen-bond acceptors (Lipinski definition) is 3. The molecule has 1 rings (SSSR count). The molecule has 1 N–H and O–H groups in total. The predicted molar refractivity (Wildman–Crippen MR) is 66.5 cm³/mol. The predicted octanol–water partition coefficient (Wildman–Crippen LogP) is 3.68. The van der Waals surface area contributed by atoms with Crippen molar-refractivity contribution in [1.82, 2.24) is 9.97 Å². The van der Waals surface area contributed by atoms with Gasteiger partial charge in [-0.1, -0.05) is 25.4 Å². The smallest absolute Gasteiger partial charge is 0.134 e. The maximum absolute atomic E-state index is 5.79. The number of rotatable bonds is 1. The van der Waals surface area contributed by atoms with Gasteiger partial charge in [0.05, 0.1) is 0 Å². The molecule has 0 spiro atoms. The molecule has 0 radical (unpaired) electrons. The van der Waals surface area contributed by atoms with Gasteiger partial charge in [0.25, 0.3) is 0 Å². The van der Waals surface area contributed by atoms with E-state index in [-0.39, 0.29) is 5.54 Å². The van der Waals surface area contributed by atoms with Crippen LogP contribution in [-0.4, -0.2) is 15.5 Å². The van der Waals surface area contributed by atoms with E-state index in [4.69, 9.17) is 11.6 Å². The largest absolute Gasteiger partial charge is 0.365 e. The summed E-state index contributed by atoms with van der Waals surface area (Å²) in [6, 6.07) is 1.72. The molecule has 0 aliphatic rings. The Labute approximate surface area is 97.3 Å². The highest BCUT2D eigenvalue weighted by Crippen LogP contribution is 2.15. The molecular formula is C11H20ClN3. The molecule has 1 heterocycles. The maximum atomic E-state index is 5.79. The first-order chi connectivity index (χ1) is 6.87. The van der Waals surface area contributed by atoms with Gasteiger partial charge >= 0.3 is 0 Å². The van der Waals surface area contributed by atoms with Crippen molar-refractivity contribution in [3.05, 3.63) is 17.0 Å². The fourth-order valence-electron chi connectivity index (χ4n) is 0.980. The van der Waals surface area contributed by atoms with E-state index in [0.29, 0.717) is 11.0 Å². The summed E-state index contributed by atoms with van der Waals surface area (Å²) in [6.07, 6.45) is 0. The Morgan fingerprint density at radius 1 is 1.20 bits per heavy atom. The van der Waals surface area contributed by atoms with Gasteiger partial charge in [-0.2, -0.15) is 0 Å². The van der Waals surface area contributed by atoms with Crippen LogP contribution in [0.4, 0.5) is 5.82 Å². The summed E-state index contributed by atoms with van der Waals surface area (Å²) in [7, 11) is 0. The lowest BCUT2D eigenvalue weighted by atomic mass is 10.1. The van der Waals surface area contributed by atoms with E-state index in [2.05, 4.69) is 36.1 Å². The topological polar surface area (TPSA) is 37.8 Å². The summed E-state index contributed by atoms with van der Waals surface area (Å²) in [4.78, 5) is 8.19. The first-order valence-corrected chi connectivity index (χ1v) is 5.54. The second kappa shape index (κ2) is 5.91. The van der Waals surface area contributed by atoms with Crippen LogP contribution in [0.1, 0.15) is 40.4 Å². The molecule has 0 atom stereocenters. The number of aromatic nitrogens is 2. The van der Waals surface area contributed by atoms with Crippen LogP contribution in [-0.2, 0) is 0 Å². The molecule has 0 aromatic carbocycles. The van der Waals surface area contributed by atoms with E-state index >= 15 is 0 Å². The standard InChI is InChI=1S/C9H14ClN3.C2H6/c1-6-11-7(10)5-8(12-6)13-9(2,3)4;1-2/h5H,1-4H3,(H,11,12,13);1-2H3. The van der Waals surface area contributed by atoms with Crippen LogP contribution in [0, 0.1) is 6.92 Å². The van der Waals surface area contributed by atoms with Crippen LogP contribution >= 0.6 is 11.6 Å². The van der Waals surface area contributed by atoms with E-state index in [1.54, 1.807) is 6.07 Å². The Morgan fingerprint density at radius 2 is 1.73 bits per heavy atom. The van der Waals surface area contributed by atoms with Crippen molar-refractivity contribution in [3.63, 3.8) is 0 Å². The summed E-state index contributed by atoms with van der Waals surface area (Å²) < 4.78 is 0. The van der Waals surface area contributed by atoms with Crippen molar-refractivity contribution in [2.75, 3.05) is 5.32 Å². The SMILES string of the molecule is CC.Cc1nc(Cl)cc(NC(C)(C)C)n1. The molecular weight excluding hydrogens is 210 g/mol. The Kier molecular flexibility index (Phi) is 5.58. The number of halogens is 1. The van der Waals surface area contributed by atoms with E-state index in [0.717, 1.165) is 5.82 Å². The molecule has 0 amide bonds. The lowest BCUT2D eigenvalue weighted by molar-refractivity contribution is 0.629. The number of nitrogens with one attached hydrogen (secondary N) is 1. The monoisotopic (exact) mass is 229 g/mol. The van der Waals surface area contributed by atoms with Gasteiger partial charge in [-0.15, -0.1) is 0 Å². The van der Waals surface area contributed by atoms with Gasteiger partial charge in [0, 0.05) is 11.6 Å². The van der Waals surface area contributed by atoms with Crippen LogP contribution in [0.3, 0.4) is 0 Å². The fraction of sp³-hybridized carbons (Fsp3) is 0.636. The van der Waals surface area contributed by atoms with E-state index in [9.17, 15) is 0 Å². The average molecular weight is 230 g/mol. The van der Waals surface area contributed by atoms with Crippen molar-refractivity contribution >= 4 is 17.4 Å². The molecule has 4 heteroatoms. The van der Waals surface area contributed by atoms with Crippen LogP contribution in [0.25, 0.3) is 0 Å². The second-order valence-corrected chi connectivity index (χ2v) is 4.39. The van der Waals surface area contributed by atoms with Crippen molar-refractivity contribution < 1.29 is 0 Å². The minimum atomic E-state index is -0.00980. The molecule has 3 nitrogen and oxygen atoms in total. The van der Waals surface area contributed by atoms with Crippen molar-refractivity contribution in [1.29, 1.82) is 0 Å². The summed E-state index contributed by atoms with van der Waals surface area (Å²) in [5.74, 6) is 1.45. The Balaban J connectivity index is 0.000000921. The Morgan fingerprint density at radius 3 is 2.13 bits per heavy atom. The molecule has 0 aliphatic heterocycles. The van der Waals surface area contributed by atoms with Gasteiger partial charge in [-0.25, -0.2) is 9.97 Å². The third kappa shape index (κ3) is 6.28.